The average molecular weight is 399 g/mol. The molecule has 7 heteroatoms. The molecule has 0 aliphatic heterocycles. The number of nitrogens with zero attached hydrogens (tertiary/aromatic N) is 1. The van der Waals surface area contributed by atoms with E-state index < -0.39 is 5.97 Å². The highest BCUT2D eigenvalue weighted by atomic mass is 79.9. The summed E-state index contributed by atoms with van der Waals surface area (Å²) in [6.45, 7) is 0. The van der Waals surface area contributed by atoms with Crippen molar-refractivity contribution in [1.82, 2.24) is 4.98 Å². The Hall–Kier alpha value is -1.63. The van der Waals surface area contributed by atoms with Crippen molar-refractivity contribution in [2.45, 2.75) is 6.42 Å². The summed E-state index contributed by atoms with van der Waals surface area (Å²) in [6, 6.07) is 8.68. The van der Waals surface area contributed by atoms with E-state index in [1.54, 1.807) is 30.5 Å². The van der Waals surface area contributed by atoms with Gasteiger partial charge in [0.25, 0.3) is 0 Å². The summed E-state index contributed by atoms with van der Waals surface area (Å²) < 4.78 is 11.3. The highest BCUT2D eigenvalue weighted by molar-refractivity contribution is 9.10. The van der Waals surface area contributed by atoms with Crippen LogP contribution in [0.15, 0.2) is 50.9 Å². The summed E-state index contributed by atoms with van der Waals surface area (Å²) in [5.41, 5.74) is 0.634. The summed E-state index contributed by atoms with van der Waals surface area (Å²) in [4.78, 5) is 16.3. The fourth-order valence-electron chi connectivity index (χ4n) is 1.77. The van der Waals surface area contributed by atoms with Crippen molar-refractivity contribution in [2.24, 2.45) is 0 Å². The number of aromatic nitrogens is 1. The fourth-order valence-corrected chi connectivity index (χ4v) is 3.26. The molecular weight excluding hydrogens is 390 g/mol. The molecule has 2 heterocycles. The van der Waals surface area contributed by atoms with Crippen LogP contribution in [0, 0.1) is 0 Å². The molecule has 2 aromatic heterocycles. The van der Waals surface area contributed by atoms with Crippen molar-refractivity contribution in [3.05, 3.63) is 57.2 Å². The average Bonchev–Trinajstić information content (AvgIpc) is 3.12. The van der Waals surface area contributed by atoms with Crippen LogP contribution in [0.5, 0.6) is 5.75 Å². The standard InChI is InChI=1S/C15H9BrClNO3S/c16-9-3-4-12(11(17)6-9)21-14(19)7-10-8-22-15(18-10)13-2-1-5-20-13/h1-6,8H,7H2. The van der Waals surface area contributed by atoms with E-state index in [1.165, 1.54) is 11.3 Å². The Morgan fingerprint density at radius 2 is 2.27 bits per heavy atom. The molecule has 0 atom stereocenters. The van der Waals surface area contributed by atoms with Crippen LogP contribution in [-0.4, -0.2) is 11.0 Å². The number of hydrogen-bond donors (Lipinski definition) is 0. The second-order valence-corrected chi connectivity index (χ2v) is 6.53. The predicted octanol–water partition coefficient (Wildman–Crippen LogP) is 4.97. The molecule has 3 aromatic rings. The zero-order valence-corrected chi connectivity index (χ0v) is 14.2. The van der Waals surface area contributed by atoms with Crippen LogP contribution in [0.1, 0.15) is 5.69 Å². The Kier molecular flexibility index (Phi) is 4.61. The van der Waals surface area contributed by atoms with Gasteiger partial charge in [0.15, 0.2) is 10.8 Å². The molecule has 3 rings (SSSR count). The Balaban J connectivity index is 1.67. The third-order valence-corrected chi connectivity index (χ3v) is 4.42. The van der Waals surface area contributed by atoms with Crippen molar-refractivity contribution >= 4 is 44.8 Å². The van der Waals surface area contributed by atoms with Gasteiger partial charge in [-0.3, -0.25) is 4.79 Å². The lowest BCUT2D eigenvalue weighted by Crippen LogP contribution is -2.11. The largest absolute Gasteiger partial charge is 0.462 e. The SMILES string of the molecule is O=C(Cc1csc(-c2ccco2)n1)Oc1ccc(Br)cc1Cl. The Morgan fingerprint density at radius 1 is 1.41 bits per heavy atom. The Bertz CT molecular complexity index is 801. The van der Waals surface area contributed by atoms with E-state index in [1.807, 2.05) is 11.4 Å². The molecule has 0 saturated carbocycles. The van der Waals surface area contributed by atoms with Crippen molar-refractivity contribution in [1.29, 1.82) is 0 Å². The van der Waals surface area contributed by atoms with Gasteiger partial charge in [0.05, 0.1) is 23.4 Å². The number of esters is 1. The number of rotatable bonds is 4. The summed E-state index contributed by atoms with van der Waals surface area (Å²) in [7, 11) is 0. The molecule has 0 aliphatic rings. The molecule has 0 fully saturated rings. The van der Waals surface area contributed by atoms with E-state index in [2.05, 4.69) is 20.9 Å². The zero-order valence-electron chi connectivity index (χ0n) is 11.1. The van der Waals surface area contributed by atoms with Crippen LogP contribution < -0.4 is 4.74 Å². The molecule has 112 valence electrons. The number of halogens is 2. The van der Waals surface area contributed by atoms with E-state index in [0.29, 0.717) is 22.2 Å². The molecule has 1 aromatic carbocycles. The number of hydrogen-bond acceptors (Lipinski definition) is 5. The van der Waals surface area contributed by atoms with Crippen molar-refractivity contribution in [3.8, 4) is 16.5 Å². The normalized spacial score (nSPS) is 10.6. The van der Waals surface area contributed by atoms with E-state index in [0.717, 1.165) is 9.48 Å². The fraction of sp³-hybridized carbons (Fsp3) is 0.0667. The first-order chi connectivity index (χ1) is 10.6. The molecule has 22 heavy (non-hydrogen) atoms. The van der Waals surface area contributed by atoms with Crippen LogP contribution in [0.2, 0.25) is 5.02 Å². The van der Waals surface area contributed by atoms with Gasteiger partial charge in [-0.05, 0) is 30.3 Å². The monoisotopic (exact) mass is 397 g/mol. The van der Waals surface area contributed by atoms with Crippen molar-refractivity contribution < 1.29 is 13.9 Å². The van der Waals surface area contributed by atoms with Crippen molar-refractivity contribution in [2.75, 3.05) is 0 Å². The molecular formula is C15H9BrClNO3S. The number of carbonyl (C=O) groups is 1. The summed E-state index contributed by atoms with van der Waals surface area (Å²) >= 11 is 10.7. The van der Waals surface area contributed by atoms with Gasteiger partial charge in [0, 0.05) is 9.85 Å². The predicted molar refractivity (Wildman–Crippen MR) is 88.3 cm³/mol. The van der Waals surface area contributed by atoms with Gasteiger partial charge >= 0.3 is 5.97 Å². The first kappa shape index (κ1) is 15.3. The van der Waals surface area contributed by atoms with Gasteiger partial charge in [0.1, 0.15) is 5.75 Å². The molecule has 4 nitrogen and oxygen atoms in total. The lowest BCUT2D eigenvalue weighted by molar-refractivity contribution is -0.133. The smallest absolute Gasteiger partial charge is 0.317 e. The highest BCUT2D eigenvalue weighted by Crippen LogP contribution is 2.28. The maximum absolute atomic E-state index is 12.0. The van der Waals surface area contributed by atoms with Gasteiger partial charge < -0.3 is 9.15 Å². The molecule has 0 N–H and O–H groups in total. The van der Waals surface area contributed by atoms with Crippen LogP contribution in [0.3, 0.4) is 0 Å². The summed E-state index contributed by atoms with van der Waals surface area (Å²) in [5, 5.41) is 2.91. The first-order valence-electron chi connectivity index (χ1n) is 6.26. The molecule has 0 amide bonds. The van der Waals surface area contributed by atoms with E-state index in [-0.39, 0.29) is 6.42 Å². The topological polar surface area (TPSA) is 52.3 Å². The number of benzene rings is 1. The summed E-state index contributed by atoms with van der Waals surface area (Å²) in [5.74, 6) is 0.595. The van der Waals surface area contributed by atoms with Gasteiger partial charge in [-0.2, -0.15) is 0 Å². The second kappa shape index (κ2) is 6.64. The Labute approximate surface area is 143 Å². The molecule has 0 bridgehead atoms. The lowest BCUT2D eigenvalue weighted by Gasteiger charge is -2.05. The second-order valence-electron chi connectivity index (χ2n) is 4.35. The molecule has 0 saturated heterocycles. The summed E-state index contributed by atoms with van der Waals surface area (Å²) in [6.07, 6.45) is 1.66. The van der Waals surface area contributed by atoms with Gasteiger partial charge in [-0.1, -0.05) is 27.5 Å². The third-order valence-electron chi connectivity index (χ3n) is 2.73. The zero-order chi connectivity index (χ0) is 15.5. The minimum Gasteiger partial charge on any atom is -0.462 e. The molecule has 0 radical (unpaired) electrons. The maximum Gasteiger partial charge on any atom is 0.317 e. The maximum atomic E-state index is 12.0. The number of furan rings is 1. The van der Waals surface area contributed by atoms with Crippen LogP contribution >= 0.6 is 38.9 Å². The van der Waals surface area contributed by atoms with E-state index in [9.17, 15) is 4.79 Å². The molecule has 0 spiro atoms. The van der Waals surface area contributed by atoms with Crippen LogP contribution in [-0.2, 0) is 11.2 Å². The minimum absolute atomic E-state index is 0.0730. The van der Waals surface area contributed by atoms with Gasteiger partial charge in [-0.25, -0.2) is 4.98 Å². The van der Waals surface area contributed by atoms with E-state index in [4.69, 9.17) is 20.8 Å². The number of thiazole rings is 1. The third kappa shape index (κ3) is 3.58. The highest BCUT2D eigenvalue weighted by Gasteiger charge is 2.13. The van der Waals surface area contributed by atoms with Crippen LogP contribution in [0.25, 0.3) is 10.8 Å². The van der Waals surface area contributed by atoms with Crippen molar-refractivity contribution in [3.63, 3.8) is 0 Å². The number of ether oxygens (including phenoxy) is 1. The quantitative estimate of drug-likeness (QED) is 0.460. The van der Waals surface area contributed by atoms with Gasteiger partial charge in [0.2, 0.25) is 0 Å². The van der Waals surface area contributed by atoms with Crippen LogP contribution in [0.4, 0.5) is 0 Å². The first-order valence-corrected chi connectivity index (χ1v) is 8.31. The van der Waals surface area contributed by atoms with E-state index >= 15 is 0 Å². The lowest BCUT2D eigenvalue weighted by atomic mass is 10.3. The molecule has 0 aliphatic carbocycles. The minimum atomic E-state index is -0.416. The Morgan fingerprint density at radius 3 is 3.00 bits per heavy atom. The number of carbonyl (C=O) groups excluding carboxylic acids is 1. The van der Waals surface area contributed by atoms with Gasteiger partial charge in [-0.15, -0.1) is 11.3 Å². The molecule has 0 unspecified atom stereocenters.